The molecule has 0 heterocycles. The molecule has 0 amide bonds. The number of aliphatic hydroxyl groups is 1. The molecular weight excluding hydrogens is 252 g/mol. The van der Waals surface area contributed by atoms with Crippen molar-refractivity contribution in [1.29, 1.82) is 0 Å². The van der Waals surface area contributed by atoms with Crippen LogP contribution in [0.2, 0.25) is 0 Å². The molecule has 0 bridgehead atoms. The minimum Gasteiger partial charge on any atom is -0.497 e. The summed E-state index contributed by atoms with van der Waals surface area (Å²) in [4.78, 5) is 2.18. The van der Waals surface area contributed by atoms with E-state index in [0.717, 1.165) is 37.4 Å². The van der Waals surface area contributed by atoms with Gasteiger partial charge in [-0.2, -0.15) is 0 Å². The van der Waals surface area contributed by atoms with Crippen molar-refractivity contribution < 1.29 is 9.84 Å². The second kappa shape index (κ2) is 8.12. The molecule has 1 unspecified atom stereocenters. The highest BCUT2D eigenvalue weighted by molar-refractivity contribution is 5.50. The number of methoxy groups -OCH3 is 1. The lowest BCUT2D eigenvalue weighted by molar-refractivity contribution is 0.168. The molecule has 0 aliphatic rings. The Balaban J connectivity index is 2.58. The van der Waals surface area contributed by atoms with Crippen LogP contribution in [-0.2, 0) is 0 Å². The molecule has 0 aliphatic heterocycles. The zero-order chi connectivity index (χ0) is 15.0. The fourth-order valence-corrected chi connectivity index (χ4v) is 2.04. The number of nitrogens with zero attached hydrogens (tertiary/aromatic N) is 1. The summed E-state index contributed by atoms with van der Waals surface area (Å²) in [6.45, 7) is 6.16. The van der Waals surface area contributed by atoms with E-state index in [9.17, 15) is 5.11 Å². The number of hydrogen-bond donors (Lipinski definition) is 2. The molecule has 0 aliphatic carbocycles. The number of hydrogen-bond acceptors (Lipinski definition) is 4. The van der Waals surface area contributed by atoms with Crippen LogP contribution in [0.1, 0.15) is 26.7 Å². The largest absolute Gasteiger partial charge is 0.497 e. The molecule has 0 radical (unpaired) electrons. The molecule has 0 saturated heterocycles. The van der Waals surface area contributed by atoms with Gasteiger partial charge in [0.1, 0.15) is 5.75 Å². The molecule has 0 saturated carbocycles. The van der Waals surface area contributed by atoms with E-state index in [1.165, 1.54) is 0 Å². The molecule has 1 atom stereocenters. The fourth-order valence-electron chi connectivity index (χ4n) is 2.04. The Hall–Kier alpha value is -1.26. The van der Waals surface area contributed by atoms with Gasteiger partial charge in [0, 0.05) is 30.9 Å². The summed E-state index contributed by atoms with van der Waals surface area (Å²) in [7, 11) is 3.74. The van der Waals surface area contributed by atoms with Gasteiger partial charge in [-0.15, -0.1) is 0 Å². The number of anilines is 1. The summed E-state index contributed by atoms with van der Waals surface area (Å²) >= 11 is 0. The van der Waals surface area contributed by atoms with E-state index in [1.807, 2.05) is 18.2 Å². The summed E-state index contributed by atoms with van der Waals surface area (Å²) in [6, 6.07) is 8.03. The van der Waals surface area contributed by atoms with E-state index in [4.69, 9.17) is 4.74 Å². The van der Waals surface area contributed by atoms with E-state index >= 15 is 0 Å². The first-order valence-corrected chi connectivity index (χ1v) is 7.25. The highest BCUT2D eigenvalue weighted by Crippen LogP contribution is 2.21. The Labute approximate surface area is 122 Å². The molecule has 0 aromatic heterocycles. The number of nitrogens with one attached hydrogen (secondary N) is 1. The molecular formula is C16H28N2O2. The normalized spacial score (nSPS) is 13.8. The van der Waals surface area contributed by atoms with E-state index in [-0.39, 0.29) is 12.1 Å². The van der Waals surface area contributed by atoms with Crippen molar-refractivity contribution in [3.63, 3.8) is 0 Å². The quantitative estimate of drug-likeness (QED) is 0.728. The van der Waals surface area contributed by atoms with Crippen molar-refractivity contribution in [2.45, 2.75) is 32.2 Å². The maximum absolute atomic E-state index is 9.58. The molecule has 2 N–H and O–H groups in total. The molecule has 4 nitrogen and oxygen atoms in total. The Morgan fingerprint density at radius 2 is 2.15 bits per heavy atom. The molecule has 20 heavy (non-hydrogen) atoms. The number of rotatable bonds is 9. The maximum Gasteiger partial charge on any atom is 0.120 e. The smallest absolute Gasteiger partial charge is 0.120 e. The third-order valence-electron chi connectivity index (χ3n) is 3.64. The summed E-state index contributed by atoms with van der Waals surface area (Å²) < 4.78 is 5.25. The average Bonchev–Trinajstić information content (AvgIpc) is 2.50. The molecule has 0 fully saturated rings. The van der Waals surface area contributed by atoms with Crippen LogP contribution in [0.4, 0.5) is 5.69 Å². The number of aliphatic hydroxyl groups excluding tert-OH is 1. The minimum absolute atomic E-state index is 0.152. The van der Waals surface area contributed by atoms with Crippen molar-refractivity contribution in [2.24, 2.45) is 0 Å². The predicted octanol–water partition coefficient (Wildman–Crippen LogP) is 2.27. The lowest BCUT2D eigenvalue weighted by Crippen LogP contribution is -2.48. The van der Waals surface area contributed by atoms with Gasteiger partial charge in [-0.3, -0.25) is 0 Å². The number of ether oxygens (including phenoxy) is 1. The predicted molar refractivity (Wildman–Crippen MR) is 84.7 cm³/mol. The van der Waals surface area contributed by atoms with E-state index in [0.29, 0.717) is 0 Å². The van der Waals surface area contributed by atoms with Gasteiger partial charge < -0.3 is 20.1 Å². The SMILES string of the molecule is CCCNC(C)(CO)CCN(C)c1cccc(OC)c1. The van der Waals surface area contributed by atoms with Crippen LogP contribution < -0.4 is 15.0 Å². The van der Waals surface area contributed by atoms with Crippen LogP contribution >= 0.6 is 0 Å². The van der Waals surface area contributed by atoms with E-state index in [2.05, 4.69) is 37.2 Å². The van der Waals surface area contributed by atoms with Crippen molar-refractivity contribution in [2.75, 3.05) is 38.8 Å². The Kier molecular flexibility index (Phi) is 6.82. The van der Waals surface area contributed by atoms with Gasteiger partial charge in [-0.25, -0.2) is 0 Å². The summed E-state index contributed by atoms with van der Waals surface area (Å²) in [5.41, 5.74) is 0.906. The first kappa shape index (κ1) is 16.8. The van der Waals surface area contributed by atoms with Crippen molar-refractivity contribution in [1.82, 2.24) is 5.32 Å². The van der Waals surface area contributed by atoms with Crippen LogP contribution in [0.15, 0.2) is 24.3 Å². The Bertz CT molecular complexity index is 398. The summed E-state index contributed by atoms with van der Waals surface area (Å²) in [5.74, 6) is 0.864. The first-order chi connectivity index (χ1) is 9.54. The monoisotopic (exact) mass is 280 g/mol. The topological polar surface area (TPSA) is 44.7 Å². The van der Waals surface area contributed by atoms with Crippen LogP contribution in [0.3, 0.4) is 0 Å². The molecule has 114 valence electrons. The molecule has 1 rings (SSSR count). The number of benzene rings is 1. The Morgan fingerprint density at radius 3 is 2.75 bits per heavy atom. The maximum atomic E-state index is 9.58. The van der Waals surface area contributed by atoms with Crippen molar-refractivity contribution in [3.05, 3.63) is 24.3 Å². The van der Waals surface area contributed by atoms with Gasteiger partial charge in [-0.1, -0.05) is 13.0 Å². The second-order valence-electron chi connectivity index (χ2n) is 5.52. The van der Waals surface area contributed by atoms with Crippen LogP contribution in [0, 0.1) is 0 Å². The molecule has 4 heteroatoms. The second-order valence-corrected chi connectivity index (χ2v) is 5.52. The molecule has 0 spiro atoms. The van der Waals surface area contributed by atoms with Crippen LogP contribution in [-0.4, -0.2) is 44.5 Å². The molecule has 1 aromatic carbocycles. The summed E-state index contributed by atoms with van der Waals surface area (Å²) in [6.07, 6.45) is 1.96. The fraction of sp³-hybridized carbons (Fsp3) is 0.625. The van der Waals surface area contributed by atoms with Gasteiger partial charge in [0.05, 0.1) is 13.7 Å². The van der Waals surface area contributed by atoms with E-state index < -0.39 is 0 Å². The van der Waals surface area contributed by atoms with Gasteiger partial charge in [0.15, 0.2) is 0 Å². The molecule has 1 aromatic rings. The van der Waals surface area contributed by atoms with Crippen LogP contribution in [0.25, 0.3) is 0 Å². The lowest BCUT2D eigenvalue weighted by Gasteiger charge is -2.31. The van der Waals surface area contributed by atoms with Crippen molar-refractivity contribution in [3.8, 4) is 5.75 Å². The lowest BCUT2D eigenvalue weighted by atomic mass is 9.98. The van der Waals surface area contributed by atoms with E-state index in [1.54, 1.807) is 7.11 Å². The zero-order valence-electron chi connectivity index (χ0n) is 13.1. The third kappa shape index (κ3) is 5.02. The Morgan fingerprint density at radius 1 is 1.40 bits per heavy atom. The van der Waals surface area contributed by atoms with Gasteiger partial charge >= 0.3 is 0 Å². The van der Waals surface area contributed by atoms with Gasteiger partial charge in [0.25, 0.3) is 0 Å². The summed E-state index contributed by atoms with van der Waals surface area (Å²) in [5, 5.41) is 13.0. The van der Waals surface area contributed by atoms with Gasteiger partial charge in [0.2, 0.25) is 0 Å². The van der Waals surface area contributed by atoms with Crippen molar-refractivity contribution >= 4 is 5.69 Å². The highest BCUT2D eigenvalue weighted by atomic mass is 16.5. The minimum atomic E-state index is -0.219. The standard InChI is InChI=1S/C16H28N2O2/c1-5-10-17-16(2,13-19)9-11-18(3)14-7-6-8-15(12-14)20-4/h6-8,12,17,19H,5,9-11,13H2,1-4H3. The van der Waals surface area contributed by atoms with Crippen LogP contribution in [0.5, 0.6) is 5.75 Å². The first-order valence-electron chi connectivity index (χ1n) is 7.25. The van der Waals surface area contributed by atoms with Gasteiger partial charge in [-0.05, 0) is 38.4 Å². The zero-order valence-corrected chi connectivity index (χ0v) is 13.1. The average molecular weight is 280 g/mol. The third-order valence-corrected chi connectivity index (χ3v) is 3.64. The highest BCUT2D eigenvalue weighted by Gasteiger charge is 2.22.